The van der Waals surface area contributed by atoms with Crippen molar-refractivity contribution in [3.8, 4) is 6.07 Å². The van der Waals surface area contributed by atoms with Crippen LogP contribution in [0.15, 0.2) is 46.9 Å². The van der Waals surface area contributed by atoms with E-state index in [2.05, 4.69) is 20.8 Å². The maximum atomic E-state index is 12.4. The Morgan fingerprint density at radius 3 is 3.08 bits per heavy atom. The second-order valence-electron chi connectivity index (χ2n) is 5.14. The minimum atomic E-state index is -0.390. The molecule has 0 aliphatic heterocycles. The molecule has 25 heavy (non-hydrogen) atoms. The van der Waals surface area contributed by atoms with Crippen molar-refractivity contribution in [1.29, 1.82) is 5.26 Å². The van der Waals surface area contributed by atoms with Gasteiger partial charge in [-0.25, -0.2) is 4.68 Å². The van der Waals surface area contributed by atoms with Crippen molar-refractivity contribution >= 4 is 34.7 Å². The van der Waals surface area contributed by atoms with Crippen molar-refractivity contribution in [1.82, 2.24) is 20.2 Å². The number of thioether (sulfide) groups is 1. The van der Waals surface area contributed by atoms with E-state index in [4.69, 9.17) is 5.26 Å². The molecule has 126 valence electrons. The van der Waals surface area contributed by atoms with Crippen LogP contribution in [0, 0.1) is 11.3 Å². The molecular weight excluding hydrogens is 356 g/mol. The summed E-state index contributed by atoms with van der Waals surface area (Å²) in [5.74, 6) is -0.175. The summed E-state index contributed by atoms with van der Waals surface area (Å²) in [4.78, 5) is 13.5. The molecule has 7 nitrogen and oxygen atoms in total. The molecule has 3 aromatic rings. The number of benzene rings is 1. The first-order chi connectivity index (χ1) is 12.2. The Balaban J connectivity index is 1.64. The molecule has 1 unspecified atom stereocenters. The third kappa shape index (κ3) is 4.43. The Kier molecular flexibility index (Phi) is 5.42. The zero-order chi connectivity index (χ0) is 17.6. The van der Waals surface area contributed by atoms with Gasteiger partial charge in [-0.05, 0) is 47.0 Å². The van der Waals surface area contributed by atoms with Crippen LogP contribution in [0.25, 0.3) is 0 Å². The number of rotatable bonds is 6. The molecule has 0 aliphatic rings. The molecule has 2 heterocycles. The largest absolute Gasteiger partial charge is 0.325 e. The second kappa shape index (κ2) is 7.92. The van der Waals surface area contributed by atoms with Gasteiger partial charge < -0.3 is 5.32 Å². The molecule has 9 heteroatoms. The lowest BCUT2D eigenvalue weighted by Gasteiger charge is -2.11. The lowest BCUT2D eigenvalue weighted by Crippen LogP contribution is -2.23. The molecule has 0 radical (unpaired) electrons. The van der Waals surface area contributed by atoms with E-state index >= 15 is 0 Å². The van der Waals surface area contributed by atoms with E-state index in [9.17, 15) is 4.79 Å². The van der Waals surface area contributed by atoms with Crippen molar-refractivity contribution < 1.29 is 4.79 Å². The molecule has 1 N–H and O–H groups in total. The van der Waals surface area contributed by atoms with Gasteiger partial charge in [-0.2, -0.15) is 5.26 Å². The Hall–Kier alpha value is -2.70. The summed E-state index contributed by atoms with van der Waals surface area (Å²) in [5, 5.41) is 25.6. The summed E-state index contributed by atoms with van der Waals surface area (Å²) in [5.41, 5.74) is 1.09. The lowest BCUT2D eigenvalue weighted by atomic mass is 10.2. The number of thiophene rings is 1. The number of tetrazole rings is 1. The van der Waals surface area contributed by atoms with Gasteiger partial charge in [-0.1, -0.05) is 23.9 Å². The quantitative estimate of drug-likeness (QED) is 0.670. The van der Waals surface area contributed by atoms with Gasteiger partial charge in [-0.3, -0.25) is 4.79 Å². The number of aromatic nitrogens is 4. The Bertz CT molecular complexity index is 899. The number of carbonyl (C=O) groups excluding carboxylic acids is 1. The fourth-order valence-electron chi connectivity index (χ4n) is 2.05. The number of hydrogen-bond acceptors (Lipinski definition) is 7. The fraction of sp³-hybridized carbons (Fsp3) is 0.188. The van der Waals surface area contributed by atoms with Crippen molar-refractivity contribution in [3.05, 3.63) is 52.2 Å². The predicted molar refractivity (Wildman–Crippen MR) is 96.3 cm³/mol. The van der Waals surface area contributed by atoms with E-state index in [1.165, 1.54) is 11.8 Å². The number of nitrogens with one attached hydrogen (secondary N) is 1. The molecule has 2 aromatic heterocycles. The smallest absolute Gasteiger partial charge is 0.237 e. The van der Waals surface area contributed by atoms with Crippen molar-refractivity contribution in [2.75, 3.05) is 5.32 Å². The van der Waals surface area contributed by atoms with Gasteiger partial charge in [0, 0.05) is 10.6 Å². The first-order valence-corrected chi connectivity index (χ1v) is 9.18. The van der Waals surface area contributed by atoms with Crippen LogP contribution in [-0.2, 0) is 11.3 Å². The molecule has 0 fully saturated rings. The van der Waals surface area contributed by atoms with E-state index in [1.807, 2.05) is 23.6 Å². The number of amides is 1. The third-order valence-corrected chi connectivity index (χ3v) is 5.23. The van der Waals surface area contributed by atoms with Crippen molar-refractivity contribution in [2.24, 2.45) is 0 Å². The van der Waals surface area contributed by atoms with E-state index in [-0.39, 0.29) is 11.2 Å². The third-order valence-electron chi connectivity index (χ3n) is 3.30. The number of nitrogens with zero attached hydrogens (tertiary/aromatic N) is 5. The highest BCUT2D eigenvalue weighted by atomic mass is 32.2. The van der Waals surface area contributed by atoms with Crippen LogP contribution in [0.4, 0.5) is 5.69 Å². The summed E-state index contributed by atoms with van der Waals surface area (Å²) in [6.45, 7) is 2.36. The van der Waals surface area contributed by atoms with Gasteiger partial charge in [0.15, 0.2) is 0 Å². The lowest BCUT2D eigenvalue weighted by molar-refractivity contribution is -0.115. The highest BCUT2D eigenvalue weighted by Crippen LogP contribution is 2.23. The maximum Gasteiger partial charge on any atom is 0.237 e. The zero-order valence-corrected chi connectivity index (χ0v) is 14.9. The highest BCUT2D eigenvalue weighted by molar-refractivity contribution is 8.00. The normalized spacial score (nSPS) is 11.7. The standard InChI is InChI=1S/C16H14N6OS2/c1-11(15(23)18-13-5-2-4-12(8-13)9-17)25-16-19-20-21-22(16)10-14-6-3-7-24-14/h2-8,11H,10H2,1H3,(H,18,23). The minimum Gasteiger partial charge on any atom is -0.325 e. The monoisotopic (exact) mass is 370 g/mol. The van der Waals surface area contributed by atoms with E-state index < -0.39 is 0 Å². The van der Waals surface area contributed by atoms with Gasteiger partial charge in [0.25, 0.3) is 0 Å². The van der Waals surface area contributed by atoms with E-state index in [0.717, 1.165) is 4.88 Å². The van der Waals surface area contributed by atoms with Crippen LogP contribution >= 0.6 is 23.1 Å². The van der Waals surface area contributed by atoms with Gasteiger partial charge in [0.1, 0.15) is 0 Å². The molecule has 0 bridgehead atoms. The molecule has 3 rings (SSSR count). The average Bonchev–Trinajstić information content (AvgIpc) is 3.28. The molecular formula is C16H14N6OS2. The number of nitriles is 1. The van der Waals surface area contributed by atoms with Crippen molar-refractivity contribution in [2.45, 2.75) is 23.9 Å². The topological polar surface area (TPSA) is 96.5 Å². The van der Waals surface area contributed by atoms with Crippen LogP contribution in [0.5, 0.6) is 0 Å². The SMILES string of the molecule is CC(Sc1nnnn1Cc1cccs1)C(=O)Nc1cccc(C#N)c1. The summed E-state index contributed by atoms with van der Waals surface area (Å²) in [6.07, 6.45) is 0. The van der Waals surface area contributed by atoms with Gasteiger partial charge in [0.2, 0.25) is 11.1 Å². The maximum absolute atomic E-state index is 12.4. The van der Waals surface area contributed by atoms with Crippen LogP contribution in [0.2, 0.25) is 0 Å². The Morgan fingerprint density at radius 2 is 2.32 bits per heavy atom. The number of hydrogen-bond donors (Lipinski definition) is 1. The summed E-state index contributed by atoms with van der Waals surface area (Å²) < 4.78 is 1.68. The second-order valence-corrected chi connectivity index (χ2v) is 7.48. The first kappa shape index (κ1) is 17.1. The molecule has 1 aromatic carbocycles. The number of carbonyl (C=O) groups is 1. The number of anilines is 1. The highest BCUT2D eigenvalue weighted by Gasteiger charge is 2.19. The van der Waals surface area contributed by atoms with Crippen molar-refractivity contribution in [3.63, 3.8) is 0 Å². The summed E-state index contributed by atoms with van der Waals surface area (Å²) >= 11 is 2.92. The Labute approximate surface area is 152 Å². The molecule has 0 spiro atoms. The molecule has 0 saturated carbocycles. The molecule has 0 aliphatic carbocycles. The minimum absolute atomic E-state index is 0.175. The molecule has 0 saturated heterocycles. The summed E-state index contributed by atoms with van der Waals surface area (Å²) in [7, 11) is 0. The first-order valence-electron chi connectivity index (χ1n) is 7.42. The molecule has 1 atom stereocenters. The van der Waals surface area contributed by atoms with Crippen LogP contribution in [0.3, 0.4) is 0 Å². The van der Waals surface area contributed by atoms with E-state index in [0.29, 0.717) is 23.0 Å². The van der Waals surface area contributed by atoms with Crippen LogP contribution in [0.1, 0.15) is 17.4 Å². The zero-order valence-electron chi connectivity index (χ0n) is 13.3. The van der Waals surface area contributed by atoms with Gasteiger partial charge in [0.05, 0.1) is 23.4 Å². The molecule has 1 amide bonds. The van der Waals surface area contributed by atoms with E-state index in [1.54, 1.807) is 47.2 Å². The average molecular weight is 370 g/mol. The summed E-state index contributed by atoms with van der Waals surface area (Å²) in [6, 6.07) is 12.8. The van der Waals surface area contributed by atoms with Crippen LogP contribution < -0.4 is 5.32 Å². The van der Waals surface area contributed by atoms with Gasteiger partial charge >= 0.3 is 0 Å². The fourth-order valence-corrected chi connectivity index (χ4v) is 3.53. The Morgan fingerprint density at radius 1 is 1.44 bits per heavy atom. The van der Waals surface area contributed by atoms with Crippen LogP contribution in [-0.4, -0.2) is 31.4 Å². The predicted octanol–water partition coefficient (Wildman–Crippen LogP) is 2.77. The van der Waals surface area contributed by atoms with Gasteiger partial charge in [-0.15, -0.1) is 16.4 Å².